The highest BCUT2D eigenvalue weighted by Gasteiger charge is 1.94. The lowest BCUT2D eigenvalue weighted by molar-refractivity contribution is 0.794. The maximum atomic E-state index is 3.32. The minimum absolute atomic E-state index is 1.05. The van der Waals surface area contributed by atoms with Crippen LogP contribution in [0.4, 0.5) is 0 Å². The van der Waals surface area contributed by atoms with Crippen LogP contribution in [0.1, 0.15) is 66.2 Å². The van der Waals surface area contributed by atoms with Crippen molar-refractivity contribution in [3.8, 4) is 11.8 Å². The van der Waals surface area contributed by atoms with Gasteiger partial charge in [-0.3, -0.25) is 0 Å². The van der Waals surface area contributed by atoms with Crippen molar-refractivity contribution in [3.05, 3.63) is 11.1 Å². The molecular weight excluding hydrogens is 168 g/mol. The van der Waals surface area contributed by atoms with Crippen molar-refractivity contribution in [3.63, 3.8) is 0 Å². The van der Waals surface area contributed by atoms with Crippen LogP contribution in [0.15, 0.2) is 11.1 Å². The van der Waals surface area contributed by atoms with Crippen LogP contribution in [0.25, 0.3) is 0 Å². The average Bonchev–Trinajstić information content (AvgIpc) is 2.16. The minimum Gasteiger partial charge on any atom is -0.0982 e. The molecule has 0 aliphatic carbocycles. The SMILES string of the molecule is CCCCC#CC(CCCC)=C(C)C. The first-order chi connectivity index (χ1) is 6.72. The van der Waals surface area contributed by atoms with Crippen molar-refractivity contribution < 1.29 is 0 Å². The number of hydrogen-bond acceptors (Lipinski definition) is 0. The molecule has 0 radical (unpaired) electrons. The van der Waals surface area contributed by atoms with E-state index < -0.39 is 0 Å². The number of hydrogen-bond donors (Lipinski definition) is 0. The summed E-state index contributed by atoms with van der Waals surface area (Å²) >= 11 is 0. The van der Waals surface area contributed by atoms with Crippen LogP contribution in [0.2, 0.25) is 0 Å². The molecule has 0 heterocycles. The van der Waals surface area contributed by atoms with Crippen LogP contribution in [0.3, 0.4) is 0 Å². The van der Waals surface area contributed by atoms with Gasteiger partial charge in [0.15, 0.2) is 0 Å². The fourth-order valence-electron chi connectivity index (χ4n) is 1.23. The summed E-state index contributed by atoms with van der Waals surface area (Å²) in [5.74, 6) is 6.59. The maximum Gasteiger partial charge on any atom is 0.00922 e. The predicted molar refractivity (Wildman–Crippen MR) is 65.2 cm³/mol. The number of unbranched alkanes of at least 4 members (excludes halogenated alkanes) is 3. The van der Waals surface area contributed by atoms with Crippen LogP contribution in [-0.4, -0.2) is 0 Å². The van der Waals surface area contributed by atoms with E-state index in [9.17, 15) is 0 Å². The van der Waals surface area contributed by atoms with E-state index in [1.807, 2.05) is 0 Å². The topological polar surface area (TPSA) is 0 Å². The van der Waals surface area contributed by atoms with Crippen molar-refractivity contribution in [1.82, 2.24) is 0 Å². The third-order valence-corrected chi connectivity index (χ3v) is 2.28. The molecule has 0 aliphatic rings. The number of allylic oxidation sites excluding steroid dienone is 2. The molecule has 0 aromatic rings. The lowest BCUT2D eigenvalue weighted by Crippen LogP contribution is -1.84. The van der Waals surface area contributed by atoms with Gasteiger partial charge < -0.3 is 0 Å². The average molecular weight is 192 g/mol. The summed E-state index contributed by atoms with van der Waals surface area (Å²) in [6.07, 6.45) is 7.22. The van der Waals surface area contributed by atoms with E-state index in [2.05, 4.69) is 39.5 Å². The van der Waals surface area contributed by atoms with E-state index in [1.54, 1.807) is 0 Å². The van der Waals surface area contributed by atoms with Crippen molar-refractivity contribution >= 4 is 0 Å². The first kappa shape index (κ1) is 13.3. The highest BCUT2D eigenvalue weighted by Crippen LogP contribution is 2.11. The molecule has 0 atom stereocenters. The fraction of sp³-hybridized carbons (Fsp3) is 0.714. The van der Waals surface area contributed by atoms with E-state index in [-0.39, 0.29) is 0 Å². The van der Waals surface area contributed by atoms with Crippen LogP contribution >= 0.6 is 0 Å². The molecule has 0 fully saturated rings. The Labute approximate surface area is 89.8 Å². The maximum absolute atomic E-state index is 3.32. The Morgan fingerprint density at radius 2 is 1.64 bits per heavy atom. The second-order valence-electron chi connectivity index (χ2n) is 3.99. The van der Waals surface area contributed by atoms with Crippen LogP contribution < -0.4 is 0 Å². The Morgan fingerprint density at radius 3 is 2.14 bits per heavy atom. The summed E-state index contributed by atoms with van der Waals surface area (Å²) in [6, 6.07) is 0. The predicted octanol–water partition coefficient (Wildman–Crippen LogP) is 4.71. The highest BCUT2D eigenvalue weighted by molar-refractivity contribution is 5.31. The summed E-state index contributed by atoms with van der Waals surface area (Å²) in [6.45, 7) is 8.77. The number of rotatable bonds is 5. The molecule has 0 saturated carbocycles. The molecule has 0 aliphatic heterocycles. The molecule has 0 bridgehead atoms. The second-order valence-corrected chi connectivity index (χ2v) is 3.99. The molecule has 0 aromatic heterocycles. The second kappa shape index (κ2) is 8.88. The third kappa shape index (κ3) is 6.78. The normalized spacial score (nSPS) is 9.14. The molecule has 0 N–H and O–H groups in total. The van der Waals surface area contributed by atoms with Gasteiger partial charge in [0.25, 0.3) is 0 Å². The molecule has 0 spiro atoms. The third-order valence-electron chi connectivity index (χ3n) is 2.28. The smallest absolute Gasteiger partial charge is 0.00922 e. The fourth-order valence-corrected chi connectivity index (χ4v) is 1.23. The molecule has 80 valence electrons. The van der Waals surface area contributed by atoms with Gasteiger partial charge in [0.05, 0.1) is 0 Å². The monoisotopic (exact) mass is 192 g/mol. The van der Waals surface area contributed by atoms with E-state index in [4.69, 9.17) is 0 Å². The van der Waals surface area contributed by atoms with Crippen LogP contribution in [0.5, 0.6) is 0 Å². The van der Waals surface area contributed by atoms with Crippen molar-refractivity contribution in [2.24, 2.45) is 0 Å². The zero-order valence-corrected chi connectivity index (χ0v) is 10.2. The van der Waals surface area contributed by atoms with E-state index in [0.29, 0.717) is 0 Å². The van der Waals surface area contributed by atoms with Gasteiger partial charge >= 0.3 is 0 Å². The van der Waals surface area contributed by atoms with Gasteiger partial charge in [-0.1, -0.05) is 44.1 Å². The van der Waals surface area contributed by atoms with Crippen molar-refractivity contribution in [2.75, 3.05) is 0 Å². The van der Waals surface area contributed by atoms with Gasteiger partial charge in [-0.25, -0.2) is 0 Å². The lowest BCUT2D eigenvalue weighted by atomic mass is 10.0. The Bertz CT molecular complexity index is 218. The Balaban J connectivity index is 4.08. The summed E-state index contributed by atoms with van der Waals surface area (Å²) < 4.78 is 0. The molecule has 0 heteroatoms. The zero-order valence-electron chi connectivity index (χ0n) is 10.2. The van der Waals surface area contributed by atoms with Crippen LogP contribution in [-0.2, 0) is 0 Å². The first-order valence-electron chi connectivity index (χ1n) is 5.87. The largest absolute Gasteiger partial charge is 0.0982 e. The Hall–Kier alpha value is -0.700. The van der Waals surface area contributed by atoms with Crippen LogP contribution in [0, 0.1) is 11.8 Å². The molecule has 0 aromatic carbocycles. The first-order valence-corrected chi connectivity index (χ1v) is 5.87. The molecule has 0 amide bonds. The van der Waals surface area contributed by atoms with Gasteiger partial charge in [-0.2, -0.15) is 0 Å². The Kier molecular flexibility index (Phi) is 8.43. The highest BCUT2D eigenvalue weighted by atomic mass is 14.0. The molecule has 0 saturated heterocycles. The lowest BCUT2D eigenvalue weighted by Gasteiger charge is -2.00. The summed E-state index contributed by atoms with van der Waals surface area (Å²) in [7, 11) is 0. The van der Waals surface area contributed by atoms with Gasteiger partial charge in [-0.05, 0) is 33.1 Å². The van der Waals surface area contributed by atoms with Gasteiger partial charge in [0, 0.05) is 12.0 Å². The Morgan fingerprint density at radius 1 is 1.00 bits per heavy atom. The molecule has 0 unspecified atom stereocenters. The van der Waals surface area contributed by atoms with E-state index in [0.717, 1.165) is 12.8 Å². The van der Waals surface area contributed by atoms with Gasteiger partial charge in [0.2, 0.25) is 0 Å². The molecular formula is C14H24. The van der Waals surface area contributed by atoms with Gasteiger partial charge in [-0.15, -0.1) is 0 Å². The van der Waals surface area contributed by atoms with Crippen molar-refractivity contribution in [1.29, 1.82) is 0 Å². The van der Waals surface area contributed by atoms with E-state index in [1.165, 1.54) is 36.8 Å². The quantitative estimate of drug-likeness (QED) is 0.437. The summed E-state index contributed by atoms with van der Waals surface area (Å²) in [5, 5.41) is 0. The van der Waals surface area contributed by atoms with E-state index >= 15 is 0 Å². The molecule has 0 rings (SSSR count). The summed E-state index contributed by atoms with van der Waals surface area (Å²) in [4.78, 5) is 0. The molecule has 0 nitrogen and oxygen atoms in total. The summed E-state index contributed by atoms with van der Waals surface area (Å²) in [5.41, 5.74) is 2.76. The van der Waals surface area contributed by atoms with Gasteiger partial charge in [0.1, 0.15) is 0 Å². The minimum atomic E-state index is 1.05. The standard InChI is InChI=1S/C14H24/c1-5-7-9-10-12-14(13(3)4)11-8-6-2/h5-9,11H2,1-4H3. The molecule has 14 heavy (non-hydrogen) atoms. The zero-order chi connectivity index (χ0) is 10.8. The van der Waals surface area contributed by atoms with Crippen molar-refractivity contribution in [2.45, 2.75) is 66.2 Å².